The predicted octanol–water partition coefficient (Wildman–Crippen LogP) is 2.09. The predicted molar refractivity (Wildman–Crippen MR) is 73.4 cm³/mol. The van der Waals surface area contributed by atoms with Gasteiger partial charge in [0.05, 0.1) is 12.8 Å². The van der Waals surface area contributed by atoms with Gasteiger partial charge in [-0.3, -0.25) is 9.48 Å². The summed E-state index contributed by atoms with van der Waals surface area (Å²) in [7, 11) is 3.49. The van der Waals surface area contributed by atoms with Gasteiger partial charge in [0.25, 0.3) is 0 Å². The fourth-order valence-corrected chi connectivity index (χ4v) is 2.10. The molecule has 0 aliphatic heterocycles. The average Bonchev–Trinajstić information content (AvgIpc) is 2.68. The summed E-state index contributed by atoms with van der Waals surface area (Å²) in [4.78, 5) is 12.1. The van der Waals surface area contributed by atoms with Crippen LogP contribution in [0.3, 0.4) is 0 Å². The van der Waals surface area contributed by atoms with Crippen molar-refractivity contribution in [2.24, 2.45) is 7.05 Å². The number of benzene rings is 1. The van der Waals surface area contributed by atoms with Gasteiger partial charge in [0.15, 0.2) is 0 Å². The van der Waals surface area contributed by atoms with E-state index in [4.69, 9.17) is 4.74 Å². The first kappa shape index (κ1) is 13.3. The van der Waals surface area contributed by atoms with Crippen molar-refractivity contribution in [2.75, 3.05) is 7.11 Å². The molecular weight excluding hydrogens is 240 g/mol. The van der Waals surface area contributed by atoms with E-state index in [1.807, 2.05) is 44.3 Å². The van der Waals surface area contributed by atoms with Gasteiger partial charge in [0, 0.05) is 25.6 Å². The van der Waals surface area contributed by atoms with Crippen molar-refractivity contribution in [1.82, 2.24) is 9.78 Å². The van der Waals surface area contributed by atoms with E-state index in [2.05, 4.69) is 5.10 Å². The Hall–Kier alpha value is -2.10. The van der Waals surface area contributed by atoms with Gasteiger partial charge in [0.1, 0.15) is 11.5 Å². The van der Waals surface area contributed by atoms with Gasteiger partial charge in [-0.1, -0.05) is 12.1 Å². The first-order valence-corrected chi connectivity index (χ1v) is 6.22. The fourth-order valence-electron chi connectivity index (χ4n) is 2.10. The average molecular weight is 258 g/mol. The van der Waals surface area contributed by atoms with Gasteiger partial charge in [0.2, 0.25) is 0 Å². The monoisotopic (exact) mass is 258 g/mol. The molecule has 0 N–H and O–H groups in total. The zero-order valence-corrected chi connectivity index (χ0v) is 11.5. The Kier molecular flexibility index (Phi) is 4.00. The van der Waals surface area contributed by atoms with Gasteiger partial charge in [-0.2, -0.15) is 5.10 Å². The van der Waals surface area contributed by atoms with E-state index in [9.17, 15) is 4.79 Å². The molecule has 2 aromatic rings. The molecule has 0 amide bonds. The lowest BCUT2D eigenvalue weighted by molar-refractivity contribution is -0.117. The largest absolute Gasteiger partial charge is 0.497 e. The highest BCUT2D eigenvalue weighted by Gasteiger charge is 2.09. The van der Waals surface area contributed by atoms with Gasteiger partial charge in [-0.05, 0) is 30.7 Å². The summed E-state index contributed by atoms with van der Waals surface area (Å²) >= 11 is 0. The van der Waals surface area contributed by atoms with Crippen molar-refractivity contribution in [3.05, 3.63) is 47.3 Å². The van der Waals surface area contributed by atoms with Crippen LogP contribution in [0.25, 0.3) is 0 Å². The molecule has 19 heavy (non-hydrogen) atoms. The molecule has 0 spiro atoms. The number of rotatable bonds is 5. The molecule has 0 saturated carbocycles. The second kappa shape index (κ2) is 5.69. The number of carbonyl (C=O) groups is 1. The molecule has 2 rings (SSSR count). The number of hydrogen-bond acceptors (Lipinski definition) is 3. The van der Waals surface area contributed by atoms with E-state index in [1.165, 1.54) is 0 Å². The molecule has 0 saturated heterocycles. The minimum Gasteiger partial charge on any atom is -0.497 e. The highest BCUT2D eigenvalue weighted by molar-refractivity contribution is 5.82. The minimum atomic E-state index is 0.177. The van der Waals surface area contributed by atoms with Crippen molar-refractivity contribution in [3.63, 3.8) is 0 Å². The maximum absolute atomic E-state index is 12.1. The molecule has 0 fully saturated rings. The molecule has 0 aliphatic rings. The Bertz CT molecular complexity index is 588. The Labute approximate surface area is 113 Å². The van der Waals surface area contributed by atoms with E-state index >= 15 is 0 Å². The van der Waals surface area contributed by atoms with Crippen LogP contribution in [0.2, 0.25) is 0 Å². The van der Waals surface area contributed by atoms with Crippen LogP contribution in [0.5, 0.6) is 5.75 Å². The first-order chi connectivity index (χ1) is 9.08. The molecule has 1 aromatic heterocycles. The number of ether oxygens (including phenoxy) is 1. The fraction of sp³-hybridized carbons (Fsp3) is 0.333. The third-order valence-corrected chi connectivity index (χ3v) is 3.01. The van der Waals surface area contributed by atoms with Crippen LogP contribution in [0.4, 0.5) is 0 Å². The summed E-state index contributed by atoms with van der Waals surface area (Å²) < 4.78 is 6.91. The molecule has 1 heterocycles. The Morgan fingerprint density at radius 2 is 2.11 bits per heavy atom. The molecule has 0 bridgehead atoms. The van der Waals surface area contributed by atoms with Crippen LogP contribution in [0.15, 0.2) is 30.3 Å². The number of aryl methyl sites for hydroxylation is 2. The SMILES string of the molecule is COc1cccc(CC(=O)Cc2cc(C)nn2C)c1. The lowest BCUT2D eigenvalue weighted by atomic mass is 10.1. The smallest absolute Gasteiger partial charge is 0.143 e. The molecule has 1 aromatic carbocycles. The maximum atomic E-state index is 12.1. The van der Waals surface area contributed by atoms with Crippen molar-refractivity contribution in [2.45, 2.75) is 19.8 Å². The Balaban J connectivity index is 2.03. The van der Waals surface area contributed by atoms with Crippen molar-refractivity contribution in [3.8, 4) is 5.75 Å². The summed E-state index contributed by atoms with van der Waals surface area (Å²) in [5, 5.41) is 4.24. The topological polar surface area (TPSA) is 44.1 Å². The van der Waals surface area contributed by atoms with Crippen LogP contribution in [0, 0.1) is 6.92 Å². The zero-order chi connectivity index (χ0) is 13.8. The number of carbonyl (C=O) groups excluding carboxylic acids is 1. The third-order valence-electron chi connectivity index (χ3n) is 3.01. The number of ketones is 1. The molecule has 100 valence electrons. The summed E-state index contributed by atoms with van der Waals surface area (Å²) in [6.07, 6.45) is 0.829. The quantitative estimate of drug-likeness (QED) is 0.825. The zero-order valence-electron chi connectivity index (χ0n) is 11.5. The van der Waals surface area contributed by atoms with Gasteiger partial charge < -0.3 is 4.74 Å². The van der Waals surface area contributed by atoms with Crippen LogP contribution < -0.4 is 4.74 Å². The molecule has 4 heteroatoms. The van der Waals surface area contributed by atoms with Crippen molar-refractivity contribution in [1.29, 1.82) is 0 Å². The van der Waals surface area contributed by atoms with Crippen LogP contribution in [-0.4, -0.2) is 22.7 Å². The third kappa shape index (κ3) is 3.44. The Morgan fingerprint density at radius 1 is 1.32 bits per heavy atom. The summed E-state index contributed by atoms with van der Waals surface area (Å²) in [5.41, 5.74) is 2.86. The second-order valence-electron chi connectivity index (χ2n) is 4.64. The molecule has 0 aliphatic carbocycles. The standard InChI is InChI=1S/C15H18N2O2/c1-11-7-13(17(2)16-11)10-14(18)8-12-5-4-6-15(9-12)19-3/h4-7,9H,8,10H2,1-3H3. The van der Waals surface area contributed by atoms with Gasteiger partial charge in [-0.15, -0.1) is 0 Å². The number of nitrogens with zero attached hydrogens (tertiary/aromatic N) is 2. The normalized spacial score (nSPS) is 10.5. The highest BCUT2D eigenvalue weighted by atomic mass is 16.5. The van der Waals surface area contributed by atoms with Crippen LogP contribution in [0.1, 0.15) is 17.0 Å². The van der Waals surface area contributed by atoms with Crippen LogP contribution >= 0.6 is 0 Å². The summed E-state index contributed by atoms with van der Waals surface area (Å²) in [5.74, 6) is 0.956. The minimum absolute atomic E-state index is 0.177. The van der Waals surface area contributed by atoms with E-state index in [1.54, 1.807) is 11.8 Å². The van der Waals surface area contributed by atoms with Crippen LogP contribution in [-0.2, 0) is 24.7 Å². The maximum Gasteiger partial charge on any atom is 0.143 e. The van der Waals surface area contributed by atoms with Gasteiger partial charge >= 0.3 is 0 Å². The van der Waals surface area contributed by atoms with Gasteiger partial charge in [-0.25, -0.2) is 0 Å². The summed E-state index contributed by atoms with van der Waals surface area (Å²) in [6, 6.07) is 9.55. The molecular formula is C15H18N2O2. The summed E-state index contributed by atoms with van der Waals surface area (Å²) in [6.45, 7) is 1.93. The Morgan fingerprint density at radius 3 is 2.74 bits per heavy atom. The van der Waals surface area contributed by atoms with Crippen molar-refractivity contribution >= 4 is 5.78 Å². The molecule has 0 radical (unpaired) electrons. The number of hydrogen-bond donors (Lipinski definition) is 0. The number of methoxy groups -OCH3 is 1. The first-order valence-electron chi connectivity index (χ1n) is 6.22. The van der Waals surface area contributed by atoms with E-state index < -0.39 is 0 Å². The lowest BCUT2D eigenvalue weighted by Crippen LogP contribution is -2.10. The van der Waals surface area contributed by atoms with E-state index in [0.717, 1.165) is 22.7 Å². The second-order valence-corrected chi connectivity index (χ2v) is 4.64. The molecule has 0 unspecified atom stereocenters. The van der Waals surface area contributed by atoms with E-state index in [-0.39, 0.29) is 5.78 Å². The van der Waals surface area contributed by atoms with Crippen molar-refractivity contribution < 1.29 is 9.53 Å². The van der Waals surface area contributed by atoms with E-state index in [0.29, 0.717) is 12.8 Å². The molecule has 4 nitrogen and oxygen atoms in total. The number of Topliss-reactive ketones (excluding diaryl/α,β-unsaturated/α-hetero) is 1. The number of aromatic nitrogens is 2. The highest BCUT2D eigenvalue weighted by Crippen LogP contribution is 2.14. The molecule has 0 atom stereocenters. The lowest BCUT2D eigenvalue weighted by Gasteiger charge is -2.04.